The van der Waals surface area contributed by atoms with Crippen LogP contribution < -0.4 is 10.6 Å². The van der Waals surface area contributed by atoms with Gasteiger partial charge in [0.25, 0.3) is 0 Å². The predicted molar refractivity (Wildman–Crippen MR) is 66.8 cm³/mol. The molecule has 0 radical (unpaired) electrons. The second-order valence-electron chi connectivity index (χ2n) is 5.70. The highest BCUT2D eigenvalue weighted by Gasteiger charge is 2.42. The van der Waals surface area contributed by atoms with Crippen LogP contribution in [-0.4, -0.2) is 36.7 Å². The predicted octanol–water partition coefficient (Wildman–Crippen LogP) is 1.06. The van der Waals surface area contributed by atoms with Gasteiger partial charge in [-0.1, -0.05) is 6.92 Å². The van der Waals surface area contributed by atoms with Crippen LogP contribution in [0.15, 0.2) is 0 Å². The number of nitrogens with one attached hydrogen (secondary N) is 2. The van der Waals surface area contributed by atoms with Crippen LogP contribution >= 0.6 is 0 Å². The lowest BCUT2D eigenvalue weighted by Gasteiger charge is -2.28. The molecule has 4 nitrogen and oxygen atoms in total. The first kappa shape index (κ1) is 12.8. The molecule has 0 aromatic rings. The molecule has 1 heterocycles. The Morgan fingerprint density at radius 2 is 2.06 bits per heavy atom. The molecule has 98 valence electrons. The molecule has 0 spiro atoms. The maximum Gasteiger partial charge on any atom is 0.240 e. The summed E-state index contributed by atoms with van der Waals surface area (Å²) in [4.78, 5) is 12.2. The van der Waals surface area contributed by atoms with E-state index in [1.807, 2.05) is 20.8 Å². The summed E-state index contributed by atoms with van der Waals surface area (Å²) >= 11 is 0. The number of carbonyl (C=O) groups is 1. The Hall–Kier alpha value is -0.610. The maximum absolute atomic E-state index is 12.2. The highest BCUT2D eigenvalue weighted by molar-refractivity contribution is 5.85. The minimum absolute atomic E-state index is 0.0838. The monoisotopic (exact) mass is 240 g/mol. The van der Waals surface area contributed by atoms with Gasteiger partial charge < -0.3 is 15.4 Å². The van der Waals surface area contributed by atoms with Crippen LogP contribution in [0.3, 0.4) is 0 Å². The summed E-state index contributed by atoms with van der Waals surface area (Å²) in [7, 11) is 0. The summed E-state index contributed by atoms with van der Waals surface area (Å²) in [6.45, 7) is 7.45. The summed E-state index contributed by atoms with van der Waals surface area (Å²) in [5.41, 5.74) is -0.495. The van der Waals surface area contributed by atoms with E-state index < -0.39 is 5.54 Å². The molecule has 2 atom stereocenters. The summed E-state index contributed by atoms with van der Waals surface area (Å²) in [6.07, 6.45) is 3.73. The summed E-state index contributed by atoms with van der Waals surface area (Å²) in [5, 5.41) is 6.35. The molecule has 2 aliphatic rings. The fourth-order valence-corrected chi connectivity index (χ4v) is 2.53. The van der Waals surface area contributed by atoms with Gasteiger partial charge in [-0.05, 0) is 45.6 Å². The Balaban J connectivity index is 1.89. The molecule has 2 N–H and O–H groups in total. The van der Waals surface area contributed by atoms with Crippen molar-refractivity contribution in [1.82, 2.24) is 10.6 Å². The van der Waals surface area contributed by atoms with Gasteiger partial charge in [-0.25, -0.2) is 0 Å². The first-order chi connectivity index (χ1) is 8.04. The number of carbonyl (C=O) groups excluding carboxylic acids is 1. The quantitative estimate of drug-likeness (QED) is 0.755. The Kier molecular flexibility index (Phi) is 3.73. The van der Waals surface area contributed by atoms with Gasteiger partial charge in [0.2, 0.25) is 5.91 Å². The molecule has 1 amide bonds. The highest BCUT2D eigenvalue weighted by Crippen LogP contribution is 2.38. The van der Waals surface area contributed by atoms with E-state index in [0.717, 1.165) is 19.6 Å². The van der Waals surface area contributed by atoms with Crippen LogP contribution in [0, 0.1) is 5.92 Å². The second-order valence-corrected chi connectivity index (χ2v) is 5.70. The van der Waals surface area contributed by atoms with E-state index in [2.05, 4.69) is 10.6 Å². The van der Waals surface area contributed by atoms with Gasteiger partial charge in [-0.3, -0.25) is 4.79 Å². The Morgan fingerprint density at radius 1 is 1.35 bits per heavy atom. The number of likely N-dealkylation sites (N-methyl/N-ethyl adjacent to an activating group) is 1. The molecule has 1 saturated carbocycles. The maximum atomic E-state index is 12.2. The molecule has 2 unspecified atom stereocenters. The lowest BCUT2D eigenvalue weighted by molar-refractivity contribution is -0.127. The van der Waals surface area contributed by atoms with Gasteiger partial charge in [0.15, 0.2) is 0 Å². The zero-order chi connectivity index (χ0) is 12.5. The second kappa shape index (κ2) is 4.94. The normalized spacial score (nSPS) is 29.4. The van der Waals surface area contributed by atoms with Gasteiger partial charge in [0, 0.05) is 6.61 Å². The van der Waals surface area contributed by atoms with Crippen LogP contribution in [-0.2, 0) is 9.53 Å². The van der Waals surface area contributed by atoms with Crippen molar-refractivity contribution in [2.75, 3.05) is 13.2 Å². The van der Waals surface area contributed by atoms with Crippen molar-refractivity contribution in [3.63, 3.8) is 0 Å². The molecule has 0 bridgehead atoms. The molecule has 2 fully saturated rings. The molecule has 0 aromatic heterocycles. The first-order valence-electron chi connectivity index (χ1n) is 6.72. The average Bonchev–Trinajstić information content (AvgIpc) is 3.00. The standard InChI is InChI=1S/C13H24N2O2/c1-4-14-13(2,3)12(16)15-10-7-8-17-11(10)9-5-6-9/h9-11,14H,4-8H2,1-3H3,(H,15,16). The molecule has 4 heteroatoms. The third-order valence-electron chi connectivity index (χ3n) is 3.73. The number of amides is 1. The van der Waals surface area contributed by atoms with Crippen molar-refractivity contribution in [2.45, 2.75) is 57.7 Å². The van der Waals surface area contributed by atoms with Crippen LogP contribution in [0.1, 0.15) is 40.0 Å². The third-order valence-corrected chi connectivity index (χ3v) is 3.73. The van der Waals surface area contributed by atoms with Crippen molar-refractivity contribution in [3.8, 4) is 0 Å². The van der Waals surface area contributed by atoms with Gasteiger partial charge in [0.05, 0.1) is 17.7 Å². The van der Waals surface area contributed by atoms with Gasteiger partial charge >= 0.3 is 0 Å². The van der Waals surface area contributed by atoms with Gasteiger partial charge in [-0.15, -0.1) is 0 Å². The lowest BCUT2D eigenvalue weighted by Crippen LogP contribution is -2.56. The lowest BCUT2D eigenvalue weighted by atomic mass is 10.0. The summed E-state index contributed by atoms with van der Waals surface area (Å²) < 4.78 is 5.73. The topological polar surface area (TPSA) is 50.4 Å². The third kappa shape index (κ3) is 2.99. The zero-order valence-electron chi connectivity index (χ0n) is 11.1. The Morgan fingerprint density at radius 3 is 2.65 bits per heavy atom. The fourth-order valence-electron chi connectivity index (χ4n) is 2.53. The molecule has 17 heavy (non-hydrogen) atoms. The zero-order valence-corrected chi connectivity index (χ0v) is 11.1. The minimum atomic E-state index is -0.495. The molecule has 1 saturated heterocycles. The molecule has 1 aliphatic carbocycles. The van der Waals surface area contributed by atoms with E-state index in [1.54, 1.807) is 0 Å². The van der Waals surface area contributed by atoms with Gasteiger partial charge in [0.1, 0.15) is 0 Å². The van der Waals surface area contributed by atoms with E-state index >= 15 is 0 Å². The van der Waals surface area contributed by atoms with Crippen molar-refractivity contribution >= 4 is 5.91 Å². The van der Waals surface area contributed by atoms with Crippen LogP contribution in [0.25, 0.3) is 0 Å². The molecule has 1 aliphatic heterocycles. The average molecular weight is 240 g/mol. The molecule has 0 aromatic carbocycles. The van der Waals surface area contributed by atoms with Crippen molar-refractivity contribution in [3.05, 3.63) is 0 Å². The number of ether oxygens (including phenoxy) is 1. The smallest absolute Gasteiger partial charge is 0.240 e. The summed E-state index contributed by atoms with van der Waals surface area (Å²) in [6, 6.07) is 0.216. The fraction of sp³-hybridized carbons (Fsp3) is 0.923. The molecular weight excluding hydrogens is 216 g/mol. The SMILES string of the molecule is CCNC(C)(C)C(=O)NC1CCOC1C1CC1. The van der Waals surface area contributed by atoms with E-state index in [4.69, 9.17) is 4.74 Å². The van der Waals surface area contributed by atoms with E-state index in [-0.39, 0.29) is 18.1 Å². The van der Waals surface area contributed by atoms with E-state index in [0.29, 0.717) is 5.92 Å². The van der Waals surface area contributed by atoms with E-state index in [1.165, 1.54) is 12.8 Å². The van der Waals surface area contributed by atoms with Crippen molar-refractivity contribution in [1.29, 1.82) is 0 Å². The van der Waals surface area contributed by atoms with Crippen molar-refractivity contribution in [2.24, 2.45) is 5.92 Å². The molecule has 2 rings (SSSR count). The van der Waals surface area contributed by atoms with E-state index in [9.17, 15) is 4.79 Å². The van der Waals surface area contributed by atoms with Crippen LogP contribution in [0.2, 0.25) is 0 Å². The Bertz CT molecular complexity index is 287. The number of hydrogen-bond donors (Lipinski definition) is 2. The first-order valence-corrected chi connectivity index (χ1v) is 6.72. The van der Waals surface area contributed by atoms with Crippen molar-refractivity contribution < 1.29 is 9.53 Å². The largest absolute Gasteiger partial charge is 0.376 e. The summed E-state index contributed by atoms with van der Waals surface area (Å²) in [5.74, 6) is 0.769. The number of hydrogen-bond acceptors (Lipinski definition) is 3. The highest BCUT2D eigenvalue weighted by atomic mass is 16.5. The molecular formula is C13H24N2O2. The van der Waals surface area contributed by atoms with Gasteiger partial charge in [-0.2, -0.15) is 0 Å². The minimum Gasteiger partial charge on any atom is -0.376 e. The van der Waals surface area contributed by atoms with Crippen LogP contribution in [0.4, 0.5) is 0 Å². The van der Waals surface area contributed by atoms with Crippen LogP contribution in [0.5, 0.6) is 0 Å². The Labute approximate surface area is 103 Å². The number of rotatable bonds is 5.